The Balaban J connectivity index is 2.05. The number of nitrogens with zero attached hydrogens (tertiary/aromatic N) is 5. The molecule has 0 fully saturated rings. The normalized spacial score (nSPS) is 11.0. The molecule has 7 heteroatoms. The Bertz CT molecular complexity index is 1190. The number of aromatic carboxylic acids is 1. The third-order valence-corrected chi connectivity index (χ3v) is 4.61. The Labute approximate surface area is 161 Å². The monoisotopic (exact) mass is 373 g/mol. The van der Waals surface area contributed by atoms with Gasteiger partial charge in [0.2, 0.25) is 5.95 Å². The van der Waals surface area contributed by atoms with Gasteiger partial charge in [0.1, 0.15) is 5.52 Å². The first-order chi connectivity index (χ1) is 13.5. The molecule has 0 spiro atoms. The Morgan fingerprint density at radius 1 is 0.964 bits per heavy atom. The van der Waals surface area contributed by atoms with Crippen LogP contribution < -0.4 is 9.80 Å². The lowest BCUT2D eigenvalue weighted by atomic mass is 10.1. The standard InChI is InChI=1S/C21H19N5O2/c1-25(2)21-22-12-16-15-10-9-13(20(27)28)11-17(15)23-19(18(16)24-21)26(3)14-7-5-4-6-8-14/h4-12H,1-3H3,(H,27,28). The number of aromatic nitrogens is 3. The highest BCUT2D eigenvalue weighted by Crippen LogP contribution is 2.33. The molecule has 4 rings (SSSR count). The molecule has 0 aliphatic heterocycles. The van der Waals surface area contributed by atoms with Crippen LogP contribution in [0, 0.1) is 0 Å². The maximum atomic E-state index is 11.4. The van der Waals surface area contributed by atoms with Crippen molar-refractivity contribution in [2.24, 2.45) is 0 Å². The molecule has 0 amide bonds. The van der Waals surface area contributed by atoms with E-state index >= 15 is 0 Å². The van der Waals surface area contributed by atoms with Gasteiger partial charge in [-0.3, -0.25) is 0 Å². The highest BCUT2D eigenvalue weighted by atomic mass is 16.4. The molecule has 140 valence electrons. The first-order valence-electron chi connectivity index (χ1n) is 8.75. The van der Waals surface area contributed by atoms with E-state index in [1.807, 2.05) is 61.3 Å². The van der Waals surface area contributed by atoms with E-state index in [-0.39, 0.29) is 5.56 Å². The van der Waals surface area contributed by atoms with Gasteiger partial charge >= 0.3 is 5.97 Å². The molecule has 0 saturated carbocycles. The number of carbonyl (C=O) groups is 1. The van der Waals surface area contributed by atoms with Gasteiger partial charge in [-0.15, -0.1) is 0 Å². The van der Waals surface area contributed by atoms with Gasteiger partial charge in [0.25, 0.3) is 0 Å². The van der Waals surface area contributed by atoms with Crippen LogP contribution in [-0.4, -0.2) is 47.2 Å². The summed E-state index contributed by atoms with van der Waals surface area (Å²) in [6, 6.07) is 14.8. The fourth-order valence-electron chi connectivity index (χ4n) is 3.12. The number of anilines is 3. The highest BCUT2D eigenvalue weighted by Gasteiger charge is 2.17. The van der Waals surface area contributed by atoms with E-state index in [9.17, 15) is 9.90 Å². The van der Waals surface area contributed by atoms with Gasteiger partial charge < -0.3 is 14.9 Å². The second-order valence-electron chi connectivity index (χ2n) is 6.69. The van der Waals surface area contributed by atoms with Crippen molar-refractivity contribution in [3.05, 3.63) is 60.3 Å². The minimum absolute atomic E-state index is 0.193. The number of fused-ring (bicyclic) bond motifs is 3. The molecule has 1 N–H and O–H groups in total. The first-order valence-corrected chi connectivity index (χ1v) is 8.75. The molecular weight excluding hydrogens is 354 g/mol. The van der Waals surface area contributed by atoms with Gasteiger partial charge in [-0.25, -0.2) is 19.7 Å². The molecule has 2 aromatic heterocycles. The molecule has 0 aliphatic rings. The average molecular weight is 373 g/mol. The molecule has 0 saturated heterocycles. The summed E-state index contributed by atoms with van der Waals surface area (Å²) in [5.74, 6) is 0.237. The number of para-hydroxylation sites is 1. The number of rotatable bonds is 4. The van der Waals surface area contributed by atoms with Crippen molar-refractivity contribution in [2.75, 3.05) is 30.9 Å². The van der Waals surface area contributed by atoms with Crippen LogP contribution in [0.3, 0.4) is 0 Å². The quantitative estimate of drug-likeness (QED) is 0.546. The molecular formula is C21H19N5O2. The minimum atomic E-state index is -0.985. The minimum Gasteiger partial charge on any atom is -0.478 e. The van der Waals surface area contributed by atoms with Gasteiger partial charge in [0.15, 0.2) is 5.82 Å². The number of carboxylic acids is 1. The molecule has 0 bridgehead atoms. The molecule has 28 heavy (non-hydrogen) atoms. The third-order valence-electron chi connectivity index (χ3n) is 4.61. The van der Waals surface area contributed by atoms with Crippen LogP contribution in [0.2, 0.25) is 0 Å². The Morgan fingerprint density at radius 3 is 2.39 bits per heavy atom. The molecule has 0 aliphatic carbocycles. The molecule has 4 aromatic rings. The third kappa shape index (κ3) is 2.96. The second kappa shape index (κ2) is 6.77. The number of benzene rings is 2. The lowest BCUT2D eigenvalue weighted by Crippen LogP contribution is -2.15. The van der Waals surface area contributed by atoms with Crippen LogP contribution in [0.25, 0.3) is 21.8 Å². The molecule has 7 nitrogen and oxygen atoms in total. The zero-order valence-electron chi connectivity index (χ0n) is 15.8. The summed E-state index contributed by atoms with van der Waals surface area (Å²) in [6.07, 6.45) is 1.77. The SMILES string of the molecule is CN(C)c1ncc2c(n1)c(N(C)c1ccccc1)nc1cc(C(=O)O)ccc12. The van der Waals surface area contributed by atoms with Crippen molar-refractivity contribution < 1.29 is 9.90 Å². The molecule has 0 atom stereocenters. The summed E-state index contributed by atoms with van der Waals surface area (Å²) >= 11 is 0. The Morgan fingerprint density at radius 2 is 1.71 bits per heavy atom. The fraction of sp³-hybridized carbons (Fsp3) is 0.143. The van der Waals surface area contributed by atoms with E-state index in [2.05, 4.69) is 4.98 Å². The molecule has 2 heterocycles. The van der Waals surface area contributed by atoms with E-state index in [0.717, 1.165) is 16.5 Å². The topological polar surface area (TPSA) is 82.5 Å². The van der Waals surface area contributed by atoms with Crippen LogP contribution >= 0.6 is 0 Å². The number of hydrogen-bond donors (Lipinski definition) is 1. The van der Waals surface area contributed by atoms with Crippen molar-refractivity contribution in [3.63, 3.8) is 0 Å². The van der Waals surface area contributed by atoms with E-state index in [1.165, 1.54) is 0 Å². The summed E-state index contributed by atoms with van der Waals surface area (Å²) in [5.41, 5.74) is 2.44. The number of carboxylic acid groups (broad SMARTS) is 1. The fourth-order valence-corrected chi connectivity index (χ4v) is 3.12. The lowest BCUT2D eigenvalue weighted by molar-refractivity contribution is 0.0697. The van der Waals surface area contributed by atoms with Crippen molar-refractivity contribution in [1.29, 1.82) is 0 Å². The second-order valence-corrected chi connectivity index (χ2v) is 6.69. The zero-order chi connectivity index (χ0) is 19.8. The summed E-state index contributed by atoms with van der Waals surface area (Å²) < 4.78 is 0. The van der Waals surface area contributed by atoms with Crippen LogP contribution in [0.4, 0.5) is 17.5 Å². The predicted molar refractivity (Wildman–Crippen MR) is 111 cm³/mol. The van der Waals surface area contributed by atoms with Crippen LogP contribution in [0.15, 0.2) is 54.7 Å². The maximum absolute atomic E-state index is 11.4. The summed E-state index contributed by atoms with van der Waals surface area (Å²) in [5, 5.41) is 11.0. The molecule has 2 aromatic carbocycles. The Kier molecular flexibility index (Phi) is 4.27. The van der Waals surface area contributed by atoms with Gasteiger partial charge in [-0.1, -0.05) is 24.3 Å². The van der Waals surface area contributed by atoms with Crippen LogP contribution in [0.5, 0.6) is 0 Å². The molecule has 0 unspecified atom stereocenters. The van der Waals surface area contributed by atoms with E-state index in [4.69, 9.17) is 9.97 Å². The van der Waals surface area contributed by atoms with Crippen LogP contribution in [0.1, 0.15) is 10.4 Å². The Hall–Kier alpha value is -3.74. The summed E-state index contributed by atoms with van der Waals surface area (Å²) in [6.45, 7) is 0. The van der Waals surface area contributed by atoms with Gasteiger partial charge in [-0.05, 0) is 24.3 Å². The maximum Gasteiger partial charge on any atom is 0.335 e. The largest absolute Gasteiger partial charge is 0.478 e. The first kappa shape index (κ1) is 17.7. The number of pyridine rings is 1. The zero-order valence-corrected chi connectivity index (χ0v) is 15.8. The average Bonchev–Trinajstić information content (AvgIpc) is 2.72. The van der Waals surface area contributed by atoms with Crippen molar-refractivity contribution in [3.8, 4) is 0 Å². The van der Waals surface area contributed by atoms with Gasteiger partial charge in [-0.2, -0.15) is 0 Å². The van der Waals surface area contributed by atoms with Gasteiger partial charge in [0, 0.05) is 43.8 Å². The van der Waals surface area contributed by atoms with Crippen molar-refractivity contribution >= 4 is 45.2 Å². The van der Waals surface area contributed by atoms with E-state index in [1.54, 1.807) is 24.4 Å². The lowest BCUT2D eigenvalue weighted by Gasteiger charge is -2.21. The number of hydrogen-bond acceptors (Lipinski definition) is 6. The predicted octanol–water partition coefficient (Wildman–Crippen LogP) is 3.71. The van der Waals surface area contributed by atoms with E-state index in [0.29, 0.717) is 22.8 Å². The highest BCUT2D eigenvalue weighted by molar-refractivity contribution is 6.10. The smallest absolute Gasteiger partial charge is 0.335 e. The van der Waals surface area contributed by atoms with Crippen molar-refractivity contribution in [2.45, 2.75) is 0 Å². The summed E-state index contributed by atoms with van der Waals surface area (Å²) in [4.78, 5) is 29.1. The molecule has 0 radical (unpaired) electrons. The van der Waals surface area contributed by atoms with Crippen molar-refractivity contribution in [1.82, 2.24) is 15.0 Å². The summed E-state index contributed by atoms with van der Waals surface area (Å²) in [7, 11) is 5.69. The van der Waals surface area contributed by atoms with Crippen LogP contribution in [-0.2, 0) is 0 Å². The van der Waals surface area contributed by atoms with E-state index < -0.39 is 5.97 Å². The van der Waals surface area contributed by atoms with Gasteiger partial charge in [0.05, 0.1) is 11.1 Å².